The van der Waals surface area contributed by atoms with Crippen LogP contribution in [0, 0.1) is 0 Å². The summed E-state index contributed by atoms with van der Waals surface area (Å²) in [6.45, 7) is 1.85. The Bertz CT molecular complexity index is 624. The van der Waals surface area contributed by atoms with Gasteiger partial charge in [-0.15, -0.1) is 0 Å². The Balaban J connectivity index is 2.21. The molecule has 1 amide bonds. The monoisotopic (exact) mass is 288 g/mol. The Kier molecular flexibility index (Phi) is 4.65. The van der Waals surface area contributed by atoms with Gasteiger partial charge in [0.15, 0.2) is 5.69 Å². The molecule has 0 radical (unpaired) electrons. The molecule has 1 aromatic heterocycles. The third kappa shape index (κ3) is 3.44. The minimum atomic E-state index is -1.06. The summed E-state index contributed by atoms with van der Waals surface area (Å²) in [5.41, 5.74) is 1.22. The molecular formula is C14H16N4O3. The lowest BCUT2D eigenvalue weighted by molar-refractivity contribution is -0.139. The zero-order valence-electron chi connectivity index (χ0n) is 11.5. The molecule has 0 saturated heterocycles. The number of carbonyl (C=O) groups excluding carboxylic acids is 1. The maximum atomic E-state index is 12.2. The van der Waals surface area contributed by atoms with Crippen molar-refractivity contribution in [3.8, 4) is 11.3 Å². The quantitative estimate of drug-likeness (QED) is 0.745. The van der Waals surface area contributed by atoms with Crippen LogP contribution in [0.15, 0.2) is 30.3 Å². The molecule has 0 spiro atoms. The summed E-state index contributed by atoms with van der Waals surface area (Å²) in [5, 5.41) is 21.7. The molecule has 21 heavy (non-hydrogen) atoms. The van der Waals surface area contributed by atoms with E-state index in [1.165, 1.54) is 0 Å². The van der Waals surface area contributed by atoms with E-state index in [-0.39, 0.29) is 5.69 Å². The van der Waals surface area contributed by atoms with Gasteiger partial charge >= 0.3 is 5.97 Å². The van der Waals surface area contributed by atoms with Crippen molar-refractivity contribution in [2.75, 3.05) is 0 Å². The first-order valence-corrected chi connectivity index (χ1v) is 6.63. The highest BCUT2D eigenvalue weighted by atomic mass is 16.4. The zero-order valence-corrected chi connectivity index (χ0v) is 11.5. The van der Waals surface area contributed by atoms with Gasteiger partial charge in [-0.05, 0) is 6.42 Å². The Morgan fingerprint density at radius 1 is 1.29 bits per heavy atom. The number of carbonyl (C=O) groups is 2. The van der Waals surface area contributed by atoms with Gasteiger partial charge in [-0.1, -0.05) is 43.7 Å². The smallest absolute Gasteiger partial charge is 0.326 e. The number of hydrogen-bond acceptors (Lipinski definition) is 4. The SMILES string of the molecule is CCCC(NC(=O)c1n[nH]nc1-c1ccccc1)C(=O)O. The molecule has 1 heterocycles. The molecule has 2 aromatic rings. The highest BCUT2D eigenvalue weighted by Gasteiger charge is 2.24. The van der Waals surface area contributed by atoms with Crippen LogP contribution in [0.3, 0.4) is 0 Å². The van der Waals surface area contributed by atoms with Gasteiger partial charge in [-0.25, -0.2) is 4.79 Å². The van der Waals surface area contributed by atoms with Crippen molar-refractivity contribution >= 4 is 11.9 Å². The van der Waals surface area contributed by atoms with Gasteiger partial charge in [0.2, 0.25) is 0 Å². The van der Waals surface area contributed by atoms with Crippen molar-refractivity contribution in [2.24, 2.45) is 0 Å². The second kappa shape index (κ2) is 6.65. The summed E-state index contributed by atoms with van der Waals surface area (Å²) in [7, 11) is 0. The molecule has 0 bridgehead atoms. The van der Waals surface area contributed by atoms with Crippen molar-refractivity contribution in [1.29, 1.82) is 0 Å². The number of nitrogens with zero attached hydrogens (tertiary/aromatic N) is 2. The van der Waals surface area contributed by atoms with E-state index in [9.17, 15) is 9.59 Å². The lowest BCUT2D eigenvalue weighted by atomic mass is 10.1. The molecule has 1 aromatic carbocycles. The van der Waals surface area contributed by atoms with E-state index in [2.05, 4.69) is 20.7 Å². The first kappa shape index (κ1) is 14.7. The number of aromatic amines is 1. The molecule has 0 aliphatic heterocycles. The second-order valence-corrected chi connectivity index (χ2v) is 4.54. The van der Waals surface area contributed by atoms with E-state index in [4.69, 9.17) is 5.11 Å². The average molecular weight is 288 g/mol. The number of benzene rings is 1. The molecule has 1 atom stereocenters. The van der Waals surface area contributed by atoms with E-state index in [1.807, 2.05) is 25.1 Å². The van der Waals surface area contributed by atoms with Gasteiger partial charge in [-0.3, -0.25) is 4.79 Å². The summed E-state index contributed by atoms with van der Waals surface area (Å²) in [6.07, 6.45) is 1.02. The molecule has 7 nitrogen and oxygen atoms in total. The minimum Gasteiger partial charge on any atom is -0.480 e. The van der Waals surface area contributed by atoms with Crippen LogP contribution < -0.4 is 5.32 Å². The van der Waals surface area contributed by atoms with Gasteiger partial charge in [0.1, 0.15) is 11.7 Å². The maximum absolute atomic E-state index is 12.2. The normalized spacial score (nSPS) is 11.9. The van der Waals surface area contributed by atoms with Crippen LogP contribution in [0.4, 0.5) is 0 Å². The van der Waals surface area contributed by atoms with Crippen LogP contribution in [0.25, 0.3) is 11.3 Å². The zero-order chi connectivity index (χ0) is 15.2. The predicted octanol–water partition coefficient (Wildman–Crippen LogP) is 1.45. The summed E-state index contributed by atoms with van der Waals surface area (Å²) >= 11 is 0. The van der Waals surface area contributed by atoms with Crippen LogP contribution in [0.1, 0.15) is 30.3 Å². The average Bonchev–Trinajstić information content (AvgIpc) is 2.97. The van der Waals surface area contributed by atoms with Gasteiger partial charge in [-0.2, -0.15) is 15.4 Å². The van der Waals surface area contributed by atoms with E-state index < -0.39 is 17.9 Å². The first-order valence-electron chi connectivity index (χ1n) is 6.63. The fourth-order valence-corrected chi connectivity index (χ4v) is 1.96. The molecular weight excluding hydrogens is 272 g/mol. The fraction of sp³-hybridized carbons (Fsp3) is 0.286. The summed E-state index contributed by atoms with van der Waals surface area (Å²) in [6, 6.07) is 8.17. The number of carboxylic acids is 1. The van der Waals surface area contributed by atoms with Crippen LogP contribution in [0.2, 0.25) is 0 Å². The highest BCUT2D eigenvalue weighted by molar-refractivity contribution is 5.99. The third-order valence-corrected chi connectivity index (χ3v) is 2.99. The number of aromatic nitrogens is 3. The number of carboxylic acid groups (broad SMARTS) is 1. The van der Waals surface area contributed by atoms with Gasteiger partial charge in [0.05, 0.1) is 0 Å². The topological polar surface area (TPSA) is 108 Å². The summed E-state index contributed by atoms with van der Waals surface area (Å²) in [5.74, 6) is -1.61. The van der Waals surface area contributed by atoms with Crippen molar-refractivity contribution in [2.45, 2.75) is 25.8 Å². The molecule has 0 aliphatic carbocycles. The van der Waals surface area contributed by atoms with E-state index >= 15 is 0 Å². The van der Waals surface area contributed by atoms with Crippen molar-refractivity contribution < 1.29 is 14.7 Å². The molecule has 110 valence electrons. The van der Waals surface area contributed by atoms with Crippen LogP contribution >= 0.6 is 0 Å². The minimum absolute atomic E-state index is 0.0866. The van der Waals surface area contributed by atoms with Gasteiger partial charge in [0.25, 0.3) is 5.91 Å². The Labute approximate surface area is 121 Å². The lowest BCUT2D eigenvalue weighted by Gasteiger charge is -2.12. The third-order valence-electron chi connectivity index (χ3n) is 2.99. The number of H-pyrrole nitrogens is 1. The van der Waals surface area contributed by atoms with Crippen LogP contribution in [-0.2, 0) is 4.79 Å². The summed E-state index contributed by atoms with van der Waals surface area (Å²) in [4.78, 5) is 23.3. The molecule has 1 unspecified atom stereocenters. The van der Waals surface area contributed by atoms with E-state index in [0.717, 1.165) is 5.56 Å². The van der Waals surface area contributed by atoms with Gasteiger partial charge < -0.3 is 10.4 Å². The molecule has 0 saturated carbocycles. The number of nitrogens with one attached hydrogen (secondary N) is 2. The standard InChI is InChI=1S/C14H16N4O3/c1-2-6-10(14(20)21)15-13(19)12-11(16-18-17-12)9-7-4-3-5-8-9/h3-5,7-8,10H,2,6H2,1H3,(H,15,19)(H,20,21)(H,16,17,18). The number of amides is 1. The predicted molar refractivity (Wildman–Crippen MR) is 75.6 cm³/mol. The van der Waals surface area contributed by atoms with Crippen LogP contribution in [-0.4, -0.2) is 38.4 Å². The molecule has 3 N–H and O–H groups in total. The Morgan fingerprint density at radius 2 is 2.00 bits per heavy atom. The largest absolute Gasteiger partial charge is 0.480 e. The van der Waals surface area contributed by atoms with Crippen molar-refractivity contribution in [3.05, 3.63) is 36.0 Å². The lowest BCUT2D eigenvalue weighted by Crippen LogP contribution is -2.41. The maximum Gasteiger partial charge on any atom is 0.326 e. The Hall–Kier alpha value is -2.70. The highest BCUT2D eigenvalue weighted by Crippen LogP contribution is 2.19. The molecule has 2 rings (SSSR count). The van der Waals surface area contributed by atoms with Crippen molar-refractivity contribution in [3.63, 3.8) is 0 Å². The first-order chi connectivity index (χ1) is 10.1. The molecule has 0 aliphatic rings. The second-order valence-electron chi connectivity index (χ2n) is 4.54. The number of hydrogen-bond donors (Lipinski definition) is 3. The molecule has 7 heteroatoms. The van der Waals surface area contributed by atoms with E-state index in [1.54, 1.807) is 12.1 Å². The number of aliphatic carboxylic acids is 1. The Morgan fingerprint density at radius 3 is 2.62 bits per heavy atom. The van der Waals surface area contributed by atoms with Gasteiger partial charge in [0, 0.05) is 5.56 Å². The summed E-state index contributed by atoms with van der Waals surface area (Å²) < 4.78 is 0. The molecule has 0 fully saturated rings. The number of rotatable bonds is 6. The fourth-order valence-electron chi connectivity index (χ4n) is 1.96. The van der Waals surface area contributed by atoms with E-state index in [0.29, 0.717) is 18.5 Å². The van der Waals surface area contributed by atoms with Crippen LogP contribution in [0.5, 0.6) is 0 Å². The van der Waals surface area contributed by atoms with Crippen molar-refractivity contribution in [1.82, 2.24) is 20.7 Å².